The summed E-state index contributed by atoms with van der Waals surface area (Å²) < 4.78 is 2.11. The molecule has 0 atom stereocenters. The molecule has 1 aromatic carbocycles. The molecule has 9 heteroatoms. The Kier molecular flexibility index (Phi) is 4.59. The SMILES string of the molecule is NC(=O)c1ccc(-n2cc(CNC(=O)c3ccc(Cl)s3)nn2)cc1. The van der Waals surface area contributed by atoms with Gasteiger partial charge in [0.2, 0.25) is 5.91 Å². The van der Waals surface area contributed by atoms with Gasteiger partial charge in [-0.15, -0.1) is 16.4 Å². The van der Waals surface area contributed by atoms with Crippen LogP contribution in [0.1, 0.15) is 25.7 Å². The van der Waals surface area contributed by atoms with Gasteiger partial charge in [-0.1, -0.05) is 16.8 Å². The molecule has 0 aliphatic heterocycles. The van der Waals surface area contributed by atoms with E-state index in [1.54, 1.807) is 47.3 Å². The van der Waals surface area contributed by atoms with Crippen LogP contribution in [0.2, 0.25) is 4.34 Å². The van der Waals surface area contributed by atoms with Gasteiger partial charge in [0.1, 0.15) is 5.69 Å². The van der Waals surface area contributed by atoms with Gasteiger partial charge >= 0.3 is 0 Å². The summed E-state index contributed by atoms with van der Waals surface area (Å²) in [6.07, 6.45) is 1.70. The Morgan fingerprint density at radius 2 is 1.96 bits per heavy atom. The Morgan fingerprint density at radius 3 is 2.58 bits per heavy atom. The molecule has 0 aliphatic carbocycles. The minimum atomic E-state index is -0.489. The van der Waals surface area contributed by atoms with Crippen molar-refractivity contribution >= 4 is 34.8 Å². The second kappa shape index (κ2) is 6.81. The standard InChI is InChI=1S/C15H12ClN5O2S/c16-13-6-5-12(24-13)15(23)18-7-10-8-21(20-19-10)11-3-1-9(2-4-11)14(17)22/h1-6,8H,7H2,(H2,17,22)(H,18,23). The van der Waals surface area contributed by atoms with Gasteiger partial charge < -0.3 is 11.1 Å². The number of carbonyl (C=O) groups is 2. The van der Waals surface area contributed by atoms with Gasteiger partial charge in [0.15, 0.2) is 0 Å². The molecule has 0 aliphatic rings. The van der Waals surface area contributed by atoms with Crippen LogP contribution in [0.25, 0.3) is 5.69 Å². The number of hydrogen-bond donors (Lipinski definition) is 2. The molecule has 0 bridgehead atoms. The quantitative estimate of drug-likeness (QED) is 0.725. The van der Waals surface area contributed by atoms with E-state index in [9.17, 15) is 9.59 Å². The Balaban J connectivity index is 1.65. The molecule has 2 aromatic heterocycles. The molecule has 0 fully saturated rings. The first-order valence-electron chi connectivity index (χ1n) is 6.88. The van der Waals surface area contributed by atoms with E-state index >= 15 is 0 Å². The van der Waals surface area contributed by atoms with E-state index in [0.717, 1.165) is 5.69 Å². The number of hydrogen-bond acceptors (Lipinski definition) is 5. The fraction of sp³-hybridized carbons (Fsp3) is 0.0667. The Labute approximate surface area is 146 Å². The molecule has 2 heterocycles. The highest BCUT2D eigenvalue weighted by Crippen LogP contribution is 2.21. The van der Waals surface area contributed by atoms with Crippen molar-refractivity contribution in [1.82, 2.24) is 20.3 Å². The van der Waals surface area contributed by atoms with Crippen molar-refractivity contribution in [3.8, 4) is 5.69 Å². The molecular formula is C15H12ClN5O2S. The molecule has 0 spiro atoms. The zero-order chi connectivity index (χ0) is 17.1. The molecular weight excluding hydrogens is 350 g/mol. The molecule has 3 rings (SSSR count). The monoisotopic (exact) mass is 361 g/mol. The van der Waals surface area contributed by atoms with E-state index < -0.39 is 5.91 Å². The number of thiophene rings is 1. The van der Waals surface area contributed by atoms with Crippen molar-refractivity contribution < 1.29 is 9.59 Å². The van der Waals surface area contributed by atoms with Crippen LogP contribution in [-0.4, -0.2) is 26.8 Å². The van der Waals surface area contributed by atoms with Crippen LogP contribution in [0.4, 0.5) is 0 Å². The summed E-state index contributed by atoms with van der Waals surface area (Å²) in [6, 6.07) is 9.99. The summed E-state index contributed by atoms with van der Waals surface area (Å²) in [7, 11) is 0. The van der Waals surface area contributed by atoms with E-state index in [-0.39, 0.29) is 12.5 Å². The van der Waals surface area contributed by atoms with Crippen LogP contribution in [0.3, 0.4) is 0 Å². The normalized spacial score (nSPS) is 10.5. The number of amides is 2. The largest absolute Gasteiger partial charge is 0.366 e. The molecule has 3 N–H and O–H groups in total. The minimum absolute atomic E-state index is 0.215. The van der Waals surface area contributed by atoms with E-state index in [0.29, 0.717) is 20.5 Å². The summed E-state index contributed by atoms with van der Waals surface area (Å²) in [6.45, 7) is 0.244. The third-order valence-electron chi connectivity index (χ3n) is 3.18. The number of carbonyl (C=O) groups excluding carboxylic acids is 2. The lowest BCUT2D eigenvalue weighted by atomic mass is 10.2. The first-order valence-corrected chi connectivity index (χ1v) is 8.07. The lowest BCUT2D eigenvalue weighted by molar-refractivity contribution is 0.0953. The first kappa shape index (κ1) is 16.2. The summed E-state index contributed by atoms with van der Waals surface area (Å²) in [5.74, 6) is -0.704. The van der Waals surface area contributed by atoms with E-state index in [1.165, 1.54) is 11.3 Å². The van der Waals surface area contributed by atoms with E-state index in [2.05, 4.69) is 15.6 Å². The summed E-state index contributed by atoms with van der Waals surface area (Å²) in [4.78, 5) is 23.5. The number of nitrogens with two attached hydrogens (primary N) is 1. The average Bonchev–Trinajstić information content (AvgIpc) is 3.22. The maximum Gasteiger partial charge on any atom is 0.261 e. The van der Waals surface area contributed by atoms with Crippen molar-refractivity contribution in [1.29, 1.82) is 0 Å². The molecule has 7 nitrogen and oxygen atoms in total. The highest BCUT2D eigenvalue weighted by Gasteiger charge is 2.10. The second-order valence-corrected chi connectivity index (χ2v) is 6.57. The van der Waals surface area contributed by atoms with Crippen molar-refractivity contribution in [2.75, 3.05) is 0 Å². The number of nitrogens with zero attached hydrogens (tertiary/aromatic N) is 3. The lowest BCUT2D eigenvalue weighted by Gasteiger charge is -2.01. The number of benzene rings is 1. The highest BCUT2D eigenvalue weighted by atomic mass is 35.5. The second-order valence-electron chi connectivity index (χ2n) is 4.85. The Hall–Kier alpha value is -2.71. The Bertz CT molecular complexity index is 887. The number of halogens is 1. The number of aromatic nitrogens is 3. The molecule has 2 amide bonds. The van der Waals surface area contributed by atoms with Crippen molar-refractivity contribution in [3.05, 3.63) is 63.1 Å². The van der Waals surface area contributed by atoms with Crippen LogP contribution >= 0.6 is 22.9 Å². The predicted octanol–water partition coefficient (Wildman–Crippen LogP) is 2.01. The van der Waals surface area contributed by atoms with Gasteiger partial charge in [-0.2, -0.15) is 0 Å². The zero-order valence-corrected chi connectivity index (χ0v) is 13.8. The van der Waals surface area contributed by atoms with Crippen LogP contribution in [0.5, 0.6) is 0 Å². The fourth-order valence-electron chi connectivity index (χ4n) is 1.98. The highest BCUT2D eigenvalue weighted by molar-refractivity contribution is 7.17. The molecule has 24 heavy (non-hydrogen) atoms. The van der Waals surface area contributed by atoms with E-state index in [1.807, 2.05) is 0 Å². The molecule has 122 valence electrons. The number of rotatable bonds is 5. The third-order valence-corrected chi connectivity index (χ3v) is 4.41. The van der Waals surface area contributed by atoms with Crippen LogP contribution < -0.4 is 11.1 Å². The molecule has 0 radical (unpaired) electrons. The maximum absolute atomic E-state index is 12.0. The molecule has 0 saturated heterocycles. The molecule has 3 aromatic rings. The number of nitrogens with one attached hydrogen (secondary N) is 1. The fourth-order valence-corrected chi connectivity index (χ4v) is 2.94. The predicted molar refractivity (Wildman–Crippen MR) is 90.4 cm³/mol. The smallest absolute Gasteiger partial charge is 0.261 e. The molecule has 0 unspecified atom stereocenters. The topological polar surface area (TPSA) is 103 Å². The number of primary amides is 1. The van der Waals surface area contributed by atoms with Crippen LogP contribution in [0, 0.1) is 0 Å². The maximum atomic E-state index is 12.0. The van der Waals surface area contributed by atoms with E-state index in [4.69, 9.17) is 17.3 Å². The lowest BCUT2D eigenvalue weighted by Crippen LogP contribution is -2.21. The van der Waals surface area contributed by atoms with Crippen molar-refractivity contribution in [3.63, 3.8) is 0 Å². The van der Waals surface area contributed by atoms with Gasteiger partial charge in [-0.25, -0.2) is 4.68 Å². The van der Waals surface area contributed by atoms with Crippen LogP contribution in [-0.2, 0) is 6.54 Å². The summed E-state index contributed by atoms with van der Waals surface area (Å²) in [5.41, 5.74) is 6.95. The minimum Gasteiger partial charge on any atom is -0.366 e. The summed E-state index contributed by atoms with van der Waals surface area (Å²) >= 11 is 7.02. The Morgan fingerprint density at radius 1 is 1.21 bits per heavy atom. The van der Waals surface area contributed by atoms with Gasteiger partial charge in [0.05, 0.1) is 27.6 Å². The van der Waals surface area contributed by atoms with Gasteiger partial charge in [0, 0.05) is 5.56 Å². The van der Waals surface area contributed by atoms with Crippen molar-refractivity contribution in [2.45, 2.75) is 6.54 Å². The molecule has 0 saturated carbocycles. The third kappa shape index (κ3) is 3.61. The van der Waals surface area contributed by atoms with Gasteiger partial charge in [-0.05, 0) is 36.4 Å². The summed E-state index contributed by atoms with van der Waals surface area (Å²) in [5, 5.41) is 10.8. The van der Waals surface area contributed by atoms with Crippen LogP contribution in [0.15, 0.2) is 42.6 Å². The average molecular weight is 362 g/mol. The van der Waals surface area contributed by atoms with Crippen molar-refractivity contribution in [2.24, 2.45) is 5.73 Å². The zero-order valence-electron chi connectivity index (χ0n) is 12.3. The van der Waals surface area contributed by atoms with Gasteiger partial charge in [0.25, 0.3) is 5.91 Å². The first-order chi connectivity index (χ1) is 11.5. The van der Waals surface area contributed by atoms with Gasteiger partial charge in [-0.3, -0.25) is 9.59 Å².